The first-order chi connectivity index (χ1) is 13.9. The van der Waals surface area contributed by atoms with Crippen LogP contribution in [0.2, 0.25) is 5.02 Å². The van der Waals surface area contributed by atoms with Crippen molar-refractivity contribution in [2.24, 2.45) is 0 Å². The summed E-state index contributed by atoms with van der Waals surface area (Å²) in [5, 5.41) is 0.778. The summed E-state index contributed by atoms with van der Waals surface area (Å²) in [5.41, 5.74) is 0.482. The zero-order valence-corrected chi connectivity index (χ0v) is 17.4. The zero-order valence-electron chi connectivity index (χ0n) is 15.9. The Kier molecular flexibility index (Phi) is 5.44. The summed E-state index contributed by atoms with van der Waals surface area (Å²) in [4.78, 5) is 22.0. The van der Waals surface area contributed by atoms with Gasteiger partial charge in [-0.25, -0.2) is 13.4 Å². The summed E-state index contributed by atoms with van der Waals surface area (Å²) < 4.78 is 27.3. The summed E-state index contributed by atoms with van der Waals surface area (Å²) in [7, 11) is -3.64. The first kappa shape index (κ1) is 20.0. The predicted molar refractivity (Wildman–Crippen MR) is 113 cm³/mol. The van der Waals surface area contributed by atoms with Gasteiger partial charge in [0.1, 0.15) is 10.7 Å². The summed E-state index contributed by atoms with van der Waals surface area (Å²) in [6.07, 6.45) is 0. The van der Waals surface area contributed by atoms with Gasteiger partial charge in [-0.05, 0) is 31.2 Å². The van der Waals surface area contributed by atoms with Gasteiger partial charge in [-0.1, -0.05) is 35.9 Å². The van der Waals surface area contributed by atoms with Crippen LogP contribution in [-0.2, 0) is 10.0 Å². The molecule has 0 bridgehead atoms. The van der Waals surface area contributed by atoms with Crippen molar-refractivity contribution in [1.82, 2.24) is 19.2 Å². The van der Waals surface area contributed by atoms with E-state index in [-0.39, 0.29) is 21.5 Å². The average Bonchev–Trinajstić information content (AvgIpc) is 2.73. The number of sulfonamides is 1. The fourth-order valence-corrected chi connectivity index (χ4v) is 5.51. The van der Waals surface area contributed by atoms with Crippen LogP contribution >= 0.6 is 11.6 Å². The second kappa shape index (κ2) is 7.87. The molecule has 0 aliphatic carbocycles. The first-order valence-corrected chi connectivity index (χ1v) is 11.2. The number of hydrogen-bond donors (Lipinski definition) is 1. The van der Waals surface area contributed by atoms with E-state index in [1.807, 2.05) is 19.1 Å². The Labute approximate surface area is 174 Å². The van der Waals surface area contributed by atoms with Gasteiger partial charge >= 0.3 is 0 Å². The standard InChI is InChI=1S/C20H21ClN4O3S/c1-14(19-22-17-8-4-2-6-15(17)20(26)23-19)24-10-12-25(13-11-24)29(27,28)18-9-5-3-7-16(18)21/h2-9,14H,10-13H2,1H3,(H,22,23,26)/t14-/m1/s1. The summed E-state index contributed by atoms with van der Waals surface area (Å²) >= 11 is 6.09. The lowest BCUT2D eigenvalue weighted by molar-refractivity contribution is 0.141. The van der Waals surface area contributed by atoms with Gasteiger partial charge in [-0.15, -0.1) is 0 Å². The molecule has 2 heterocycles. The van der Waals surface area contributed by atoms with Crippen LogP contribution in [0.25, 0.3) is 10.9 Å². The highest BCUT2D eigenvalue weighted by Gasteiger charge is 2.32. The number of halogens is 1. The van der Waals surface area contributed by atoms with E-state index < -0.39 is 10.0 Å². The minimum absolute atomic E-state index is 0.128. The molecule has 9 heteroatoms. The van der Waals surface area contributed by atoms with Gasteiger partial charge in [0.2, 0.25) is 10.0 Å². The second-order valence-electron chi connectivity index (χ2n) is 7.01. The largest absolute Gasteiger partial charge is 0.309 e. The SMILES string of the molecule is C[C@H](c1nc2ccccc2c(=O)[nH]1)N1CCN(S(=O)(=O)c2ccccc2Cl)CC1. The van der Waals surface area contributed by atoms with Crippen molar-refractivity contribution in [2.45, 2.75) is 17.9 Å². The van der Waals surface area contributed by atoms with Crippen LogP contribution in [0, 0.1) is 0 Å². The molecule has 1 aliphatic heterocycles. The number of aromatic amines is 1. The Morgan fingerprint density at radius 1 is 1.03 bits per heavy atom. The smallest absolute Gasteiger partial charge is 0.258 e. The molecule has 0 spiro atoms. The number of hydrogen-bond acceptors (Lipinski definition) is 5. The average molecular weight is 433 g/mol. The van der Waals surface area contributed by atoms with Crippen molar-refractivity contribution in [1.29, 1.82) is 0 Å². The van der Waals surface area contributed by atoms with E-state index >= 15 is 0 Å². The molecule has 7 nitrogen and oxygen atoms in total. The van der Waals surface area contributed by atoms with Crippen LogP contribution in [-0.4, -0.2) is 53.8 Å². The van der Waals surface area contributed by atoms with Crippen LogP contribution in [0.3, 0.4) is 0 Å². The van der Waals surface area contributed by atoms with Crippen molar-refractivity contribution in [3.05, 3.63) is 69.7 Å². The minimum atomic E-state index is -3.64. The van der Waals surface area contributed by atoms with Gasteiger partial charge in [0.25, 0.3) is 5.56 Å². The maximum Gasteiger partial charge on any atom is 0.258 e. The highest BCUT2D eigenvalue weighted by atomic mass is 35.5. The number of piperazine rings is 1. The number of fused-ring (bicyclic) bond motifs is 1. The van der Waals surface area contributed by atoms with Gasteiger partial charge in [0.05, 0.1) is 22.0 Å². The summed E-state index contributed by atoms with van der Waals surface area (Å²) in [5.74, 6) is 0.580. The van der Waals surface area contributed by atoms with Crippen molar-refractivity contribution < 1.29 is 8.42 Å². The van der Waals surface area contributed by atoms with Crippen LogP contribution in [0.1, 0.15) is 18.8 Å². The van der Waals surface area contributed by atoms with Crippen LogP contribution in [0.5, 0.6) is 0 Å². The molecule has 1 aromatic heterocycles. The van der Waals surface area contributed by atoms with E-state index in [9.17, 15) is 13.2 Å². The van der Waals surface area contributed by atoms with Gasteiger partial charge < -0.3 is 4.98 Å². The van der Waals surface area contributed by atoms with Crippen LogP contribution in [0.15, 0.2) is 58.2 Å². The van der Waals surface area contributed by atoms with Crippen LogP contribution < -0.4 is 5.56 Å². The molecule has 2 aromatic carbocycles. The van der Waals surface area contributed by atoms with Gasteiger partial charge in [-0.3, -0.25) is 9.69 Å². The Bertz CT molecular complexity index is 1200. The lowest BCUT2D eigenvalue weighted by Crippen LogP contribution is -2.49. The van der Waals surface area contributed by atoms with Crippen molar-refractivity contribution >= 4 is 32.5 Å². The highest BCUT2D eigenvalue weighted by molar-refractivity contribution is 7.89. The molecule has 0 saturated carbocycles. The number of benzene rings is 2. The molecule has 1 atom stereocenters. The van der Waals surface area contributed by atoms with Crippen molar-refractivity contribution in [3.8, 4) is 0 Å². The molecule has 29 heavy (non-hydrogen) atoms. The molecular formula is C20H21ClN4O3S. The number of rotatable bonds is 4. The van der Waals surface area contributed by atoms with E-state index in [1.165, 1.54) is 10.4 Å². The number of para-hydroxylation sites is 1. The lowest BCUT2D eigenvalue weighted by Gasteiger charge is -2.37. The third-order valence-electron chi connectivity index (χ3n) is 5.30. The molecule has 0 amide bonds. The molecule has 4 rings (SSSR count). The minimum Gasteiger partial charge on any atom is -0.309 e. The van der Waals surface area contributed by atoms with Gasteiger partial charge in [-0.2, -0.15) is 4.31 Å². The third kappa shape index (κ3) is 3.81. The van der Waals surface area contributed by atoms with Gasteiger partial charge in [0, 0.05) is 26.2 Å². The molecule has 0 unspecified atom stereocenters. The molecule has 1 aliphatic rings. The van der Waals surface area contributed by atoms with Crippen molar-refractivity contribution in [2.75, 3.05) is 26.2 Å². The molecule has 1 N–H and O–H groups in total. The number of nitrogens with one attached hydrogen (secondary N) is 1. The summed E-state index contributed by atoms with van der Waals surface area (Å²) in [6.45, 7) is 3.71. The lowest BCUT2D eigenvalue weighted by atomic mass is 10.2. The molecule has 0 radical (unpaired) electrons. The van der Waals surface area contributed by atoms with E-state index in [1.54, 1.807) is 30.3 Å². The fourth-order valence-electron chi connectivity index (χ4n) is 3.60. The molecular weight excluding hydrogens is 412 g/mol. The van der Waals surface area contributed by atoms with E-state index in [4.69, 9.17) is 11.6 Å². The molecule has 1 fully saturated rings. The first-order valence-electron chi connectivity index (χ1n) is 9.35. The maximum absolute atomic E-state index is 12.9. The normalized spacial score (nSPS) is 17.4. The molecule has 1 saturated heterocycles. The Balaban J connectivity index is 1.51. The highest BCUT2D eigenvalue weighted by Crippen LogP contribution is 2.26. The molecule has 152 valence electrons. The number of nitrogens with zero attached hydrogens (tertiary/aromatic N) is 3. The van der Waals surface area contributed by atoms with E-state index in [0.29, 0.717) is 42.9 Å². The van der Waals surface area contributed by atoms with Gasteiger partial charge in [0.15, 0.2) is 0 Å². The van der Waals surface area contributed by atoms with E-state index in [2.05, 4.69) is 14.9 Å². The Morgan fingerprint density at radius 3 is 2.41 bits per heavy atom. The predicted octanol–water partition coefficient (Wildman–Crippen LogP) is 2.64. The topological polar surface area (TPSA) is 86.4 Å². The monoisotopic (exact) mass is 432 g/mol. The number of H-pyrrole nitrogens is 1. The quantitative estimate of drug-likeness (QED) is 0.684. The molecule has 3 aromatic rings. The van der Waals surface area contributed by atoms with Crippen molar-refractivity contribution in [3.63, 3.8) is 0 Å². The number of aromatic nitrogens is 2. The second-order valence-corrected chi connectivity index (χ2v) is 9.33. The zero-order chi connectivity index (χ0) is 20.6. The van der Waals surface area contributed by atoms with E-state index in [0.717, 1.165) is 0 Å². The third-order valence-corrected chi connectivity index (χ3v) is 7.70. The Morgan fingerprint density at radius 2 is 1.69 bits per heavy atom. The summed E-state index contributed by atoms with van der Waals surface area (Å²) in [6, 6.07) is 13.5. The Hall–Kier alpha value is -2.26. The fraction of sp³-hybridized carbons (Fsp3) is 0.300. The van der Waals surface area contributed by atoms with Crippen LogP contribution in [0.4, 0.5) is 0 Å². The maximum atomic E-state index is 12.9.